The minimum absolute atomic E-state index is 0.0150. The summed E-state index contributed by atoms with van der Waals surface area (Å²) < 4.78 is 3.55. The van der Waals surface area contributed by atoms with Crippen molar-refractivity contribution >= 4 is 53.3 Å². The summed E-state index contributed by atoms with van der Waals surface area (Å²) in [6.45, 7) is 0. The Bertz CT molecular complexity index is 1000. The summed E-state index contributed by atoms with van der Waals surface area (Å²) in [5.74, 6) is 0. The molecule has 4 aromatic rings. The summed E-state index contributed by atoms with van der Waals surface area (Å²) in [6, 6.07) is 13.5. The summed E-state index contributed by atoms with van der Waals surface area (Å²) in [4.78, 5) is 17.9. The smallest absolute Gasteiger partial charge is 0.266 e. The Morgan fingerprint density at radius 3 is 2.89 bits per heavy atom. The lowest BCUT2D eigenvalue weighted by molar-refractivity contribution is 1.20. The number of hydrogen-bond acceptors (Lipinski definition) is 3. The molecule has 2 heterocycles. The van der Waals surface area contributed by atoms with Crippen LogP contribution in [0.15, 0.2) is 51.7 Å². The molecule has 19 heavy (non-hydrogen) atoms. The van der Waals surface area contributed by atoms with Crippen LogP contribution in [0.1, 0.15) is 0 Å². The van der Waals surface area contributed by atoms with Gasteiger partial charge in [0, 0.05) is 9.17 Å². The van der Waals surface area contributed by atoms with E-state index in [-0.39, 0.29) is 5.56 Å². The molecule has 0 saturated carbocycles. The van der Waals surface area contributed by atoms with E-state index in [1.807, 2.05) is 42.5 Å². The Hall–Kier alpha value is -1.72. The van der Waals surface area contributed by atoms with Crippen LogP contribution in [-0.4, -0.2) is 9.38 Å². The molecule has 0 aliphatic carbocycles. The number of benzene rings is 2. The van der Waals surface area contributed by atoms with Crippen molar-refractivity contribution in [3.8, 4) is 0 Å². The molecule has 2 aromatic heterocycles. The van der Waals surface area contributed by atoms with Gasteiger partial charge in [-0.1, -0.05) is 39.4 Å². The van der Waals surface area contributed by atoms with Gasteiger partial charge in [-0.05, 0) is 30.3 Å². The average Bonchev–Trinajstić information content (AvgIpc) is 2.78. The molecule has 4 rings (SSSR count). The first-order valence-electron chi connectivity index (χ1n) is 5.73. The maximum atomic E-state index is 12.6. The summed E-state index contributed by atoms with van der Waals surface area (Å²) in [5, 5.41) is 0.718. The highest BCUT2D eigenvalue weighted by molar-refractivity contribution is 9.10. The van der Waals surface area contributed by atoms with Gasteiger partial charge in [-0.3, -0.25) is 4.79 Å². The third-order valence-electron chi connectivity index (χ3n) is 3.11. The van der Waals surface area contributed by atoms with E-state index in [9.17, 15) is 4.79 Å². The molecule has 2 aromatic carbocycles. The van der Waals surface area contributed by atoms with Gasteiger partial charge < -0.3 is 0 Å². The number of fused-ring (bicyclic) bond motifs is 4. The summed E-state index contributed by atoms with van der Waals surface area (Å²) in [5.41, 5.74) is 1.70. The molecule has 0 bridgehead atoms. The topological polar surface area (TPSA) is 34.4 Å². The molecule has 0 saturated heterocycles. The predicted molar refractivity (Wildman–Crippen MR) is 82.1 cm³/mol. The Balaban J connectivity index is 2.34. The number of aromatic nitrogens is 2. The zero-order chi connectivity index (χ0) is 13.0. The highest BCUT2D eigenvalue weighted by Crippen LogP contribution is 2.25. The van der Waals surface area contributed by atoms with Crippen molar-refractivity contribution in [1.29, 1.82) is 0 Å². The monoisotopic (exact) mass is 330 g/mol. The lowest BCUT2D eigenvalue weighted by Gasteiger charge is -1.99. The van der Waals surface area contributed by atoms with E-state index in [0.717, 1.165) is 30.6 Å². The van der Waals surface area contributed by atoms with Gasteiger partial charge >= 0.3 is 0 Å². The largest absolute Gasteiger partial charge is 0.268 e. The number of halogens is 1. The van der Waals surface area contributed by atoms with Crippen molar-refractivity contribution in [1.82, 2.24) is 9.38 Å². The van der Waals surface area contributed by atoms with Crippen LogP contribution >= 0.6 is 27.3 Å². The zero-order valence-corrected chi connectivity index (χ0v) is 12.0. The first-order valence-corrected chi connectivity index (χ1v) is 7.34. The Kier molecular flexibility index (Phi) is 2.28. The second kappa shape index (κ2) is 3.88. The molecule has 3 nitrogen and oxygen atoms in total. The number of nitrogens with zero attached hydrogens (tertiary/aromatic N) is 2. The maximum Gasteiger partial charge on any atom is 0.266 e. The van der Waals surface area contributed by atoms with Crippen molar-refractivity contribution in [2.24, 2.45) is 0 Å². The SMILES string of the molecule is O=c1c2cc(Br)ccc2sc2nc3ccccc3n12. The molecule has 0 atom stereocenters. The van der Waals surface area contributed by atoms with Crippen LogP contribution in [0.2, 0.25) is 0 Å². The van der Waals surface area contributed by atoms with Gasteiger partial charge in [0.15, 0.2) is 4.96 Å². The number of rotatable bonds is 0. The van der Waals surface area contributed by atoms with Crippen LogP contribution in [0, 0.1) is 0 Å². The first kappa shape index (κ1) is 11.1. The van der Waals surface area contributed by atoms with Gasteiger partial charge in [-0.2, -0.15) is 0 Å². The second-order valence-corrected chi connectivity index (χ2v) is 6.19. The summed E-state index contributed by atoms with van der Waals surface area (Å²) in [7, 11) is 0. The third-order valence-corrected chi connectivity index (χ3v) is 4.63. The van der Waals surface area contributed by atoms with Gasteiger partial charge in [0.05, 0.1) is 16.4 Å². The lowest BCUT2D eigenvalue weighted by Crippen LogP contribution is -2.11. The van der Waals surface area contributed by atoms with Crippen molar-refractivity contribution in [2.45, 2.75) is 0 Å². The average molecular weight is 331 g/mol. The first-order chi connectivity index (χ1) is 9.24. The van der Waals surface area contributed by atoms with Crippen molar-refractivity contribution in [2.75, 3.05) is 0 Å². The minimum Gasteiger partial charge on any atom is -0.268 e. The van der Waals surface area contributed by atoms with Crippen LogP contribution in [-0.2, 0) is 0 Å². The van der Waals surface area contributed by atoms with Crippen molar-refractivity contribution in [3.05, 3.63) is 57.3 Å². The van der Waals surface area contributed by atoms with E-state index in [1.54, 1.807) is 4.40 Å². The van der Waals surface area contributed by atoms with E-state index in [2.05, 4.69) is 20.9 Å². The van der Waals surface area contributed by atoms with Gasteiger partial charge in [-0.15, -0.1) is 0 Å². The molecule has 92 valence electrons. The third kappa shape index (κ3) is 1.55. The van der Waals surface area contributed by atoms with E-state index < -0.39 is 0 Å². The summed E-state index contributed by atoms with van der Waals surface area (Å²) in [6.07, 6.45) is 0. The van der Waals surface area contributed by atoms with Crippen LogP contribution in [0.25, 0.3) is 26.1 Å². The fourth-order valence-corrected chi connectivity index (χ4v) is 3.61. The fourth-order valence-electron chi connectivity index (χ4n) is 2.25. The zero-order valence-electron chi connectivity index (χ0n) is 9.63. The van der Waals surface area contributed by atoms with Gasteiger partial charge in [0.1, 0.15) is 0 Å². The van der Waals surface area contributed by atoms with Crippen LogP contribution in [0.4, 0.5) is 0 Å². The number of para-hydroxylation sites is 2. The molecular weight excluding hydrogens is 324 g/mol. The normalized spacial score (nSPS) is 11.6. The minimum atomic E-state index is -0.0150. The number of hydrogen-bond donors (Lipinski definition) is 0. The molecule has 5 heteroatoms. The predicted octanol–water partition coefficient (Wildman–Crippen LogP) is 3.82. The molecular formula is C14H7BrN2OS. The fraction of sp³-hybridized carbons (Fsp3) is 0. The Morgan fingerprint density at radius 2 is 2.00 bits per heavy atom. The van der Waals surface area contributed by atoms with Crippen molar-refractivity contribution in [3.63, 3.8) is 0 Å². The van der Waals surface area contributed by atoms with Crippen LogP contribution in [0.3, 0.4) is 0 Å². The molecule has 0 N–H and O–H groups in total. The summed E-state index contributed by atoms with van der Waals surface area (Å²) >= 11 is 4.94. The molecule has 0 aliphatic rings. The molecule has 0 radical (unpaired) electrons. The highest BCUT2D eigenvalue weighted by atomic mass is 79.9. The molecule has 0 amide bonds. The van der Waals surface area contributed by atoms with E-state index >= 15 is 0 Å². The van der Waals surface area contributed by atoms with E-state index in [0.29, 0.717) is 0 Å². The lowest BCUT2D eigenvalue weighted by atomic mass is 10.3. The molecule has 0 fully saturated rings. The van der Waals surface area contributed by atoms with Gasteiger partial charge in [0.25, 0.3) is 5.56 Å². The van der Waals surface area contributed by atoms with Gasteiger partial charge in [-0.25, -0.2) is 9.38 Å². The van der Waals surface area contributed by atoms with E-state index in [1.165, 1.54) is 11.3 Å². The Morgan fingerprint density at radius 1 is 1.16 bits per heavy atom. The molecule has 0 spiro atoms. The molecule has 0 unspecified atom stereocenters. The Labute approximate surface area is 120 Å². The van der Waals surface area contributed by atoms with Gasteiger partial charge in [0.2, 0.25) is 0 Å². The van der Waals surface area contributed by atoms with E-state index in [4.69, 9.17) is 0 Å². The van der Waals surface area contributed by atoms with Crippen molar-refractivity contribution < 1.29 is 0 Å². The number of imidazole rings is 1. The molecule has 0 aliphatic heterocycles. The highest BCUT2D eigenvalue weighted by Gasteiger charge is 2.11. The quantitative estimate of drug-likeness (QED) is 0.491. The maximum absolute atomic E-state index is 12.6. The standard InChI is InChI=1S/C14H7BrN2OS/c15-8-5-6-12-9(7-8)13(18)17-11-4-2-1-3-10(11)16-14(17)19-12/h1-7H. The second-order valence-electron chi connectivity index (χ2n) is 4.27. The van der Waals surface area contributed by atoms with Crippen LogP contribution < -0.4 is 5.56 Å². The van der Waals surface area contributed by atoms with Crippen LogP contribution in [0.5, 0.6) is 0 Å².